The molecule has 0 saturated heterocycles. The molecule has 5 heteroatoms. The van der Waals surface area contributed by atoms with Crippen molar-refractivity contribution in [3.63, 3.8) is 0 Å². The van der Waals surface area contributed by atoms with E-state index in [1.54, 1.807) is 0 Å². The Bertz CT molecular complexity index is 444. The Morgan fingerprint density at radius 1 is 1.42 bits per heavy atom. The molecule has 5 nitrogen and oxygen atoms in total. The molecule has 0 unspecified atom stereocenters. The lowest BCUT2D eigenvalue weighted by Gasteiger charge is -2.31. The van der Waals surface area contributed by atoms with Crippen LogP contribution in [0.3, 0.4) is 0 Å². The van der Waals surface area contributed by atoms with E-state index in [1.165, 1.54) is 0 Å². The van der Waals surface area contributed by atoms with Crippen LogP contribution in [0.2, 0.25) is 0 Å². The molecular formula is C14H23N3O2. The Kier molecular flexibility index (Phi) is 5.63. The molecule has 0 bridgehead atoms. The Labute approximate surface area is 114 Å². The number of aliphatic hydroxyl groups is 1. The number of aryl methyl sites for hydroxylation is 1. The van der Waals surface area contributed by atoms with Gasteiger partial charge in [-0.3, -0.25) is 0 Å². The number of amidine groups is 1. The first-order valence-corrected chi connectivity index (χ1v) is 6.47. The summed E-state index contributed by atoms with van der Waals surface area (Å²) in [4.78, 5) is 2.15. The summed E-state index contributed by atoms with van der Waals surface area (Å²) in [5.41, 5.74) is 8.48. The molecule has 1 rings (SSSR count). The molecule has 1 aromatic carbocycles. The summed E-state index contributed by atoms with van der Waals surface area (Å²) in [6, 6.07) is 6.07. The smallest absolute Gasteiger partial charge is 0.172 e. The van der Waals surface area contributed by atoms with Crippen molar-refractivity contribution in [2.75, 3.05) is 18.1 Å². The predicted octanol–water partition coefficient (Wildman–Crippen LogP) is 1.69. The van der Waals surface area contributed by atoms with Crippen LogP contribution in [-0.4, -0.2) is 35.3 Å². The Morgan fingerprint density at radius 2 is 2.11 bits per heavy atom. The highest BCUT2D eigenvalue weighted by Crippen LogP contribution is 2.24. The van der Waals surface area contributed by atoms with Crippen molar-refractivity contribution in [2.24, 2.45) is 10.9 Å². The number of rotatable bonds is 6. The topological polar surface area (TPSA) is 82.1 Å². The fourth-order valence-corrected chi connectivity index (χ4v) is 2.05. The third-order valence-corrected chi connectivity index (χ3v) is 3.03. The molecule has 0 saturated carbocycles. The summed E-state index contributed by atoms with van der Waals surface area (Å²) < 4.78 is 0. The maximum atomic E-state index is 9.01. The fraction of sp³-hybridized carbons (Fsp3) is 0.500. The predicted molar refractivity (Wildman–Crippen MR) is 77.9 cm³/mol. The number of aliphatic hydroxyl groups excluding tert-OH is 1. The summed E-state index contributed by atoms with van der Waals surface area (Å²) in [5.74, 6) is 0.102. The summed E-state index contributed by atoms with van der Waals surface area (Å²) in [5, 5.41) is 21.0. The molecule has 0 heterocycles. The van der Waals surface area contributed by atoms with Gasteiger partial charge in [0.2, 0.25) is 0 Å². The average molecular weight is 265 g/mol. The normalized spacial score (nSPS) is 11.9. The van der Waals surface area contributed by atoms with Gasteiger partial charge in [-0.15, -0.1) is 0 Å². The molecule has 1 aromatic rings. The zero-order valence-corrected chi connectivity index (χ0v) is 11.8. The van der Waals surface area contributed by atoms with Crippen LogP contribution >= 0.6 is 0 Å². The fourth-order valence-electron chi connectivity index (χ4n) is 2.05. The highest BCUT2D eigenvalue weighted by Gasteiger charge is 2.16. The molecule has 19 heavy (non-hydrogen) atoms. The van der Waals surface area contributed by atoms with E-state index in [4.69, 9.17) is 16.0 Å². The van der Waals surface area contributed by atoms with Gasteiger partial charge in [-0.1, -0.05) is 11.2 Å². The zero-order chi connectivity index (χ0) is 14.4. The van der Waals surface area contributed by atoms with Gasteiger partial charge in [0.1, 0.15) is 0 Å². The number of benzene rings is 1. The Hall–Kier alpha value is -1.75. The van der Waals surface area contributed by atoms with E-state index in [9.17, 15) is 0 Å². The van der Waals surface area contributed by atoms with Crippen LogP contribution in [0.5, 0.6) is 0 Å². The van der Waals surface area contributed by atoms with E-state index < -0.39 is 0 Å². The minimum atomic E-state index is 0.102. The van der Waals surface area contributed by atoms with Crippen molar-refractivity contribution in [1.82, 2.24) is 0 Å². The van der Waals surface area contributed by atoms with Crippen molar-refractivity contribution in [3.05, 3.63) is 29.3 Å². The van der Waals surface area contributed by atoms with Crippen LogP contribution in [0, 0.1) is 6.92 Å². The van der Waals surface area contributed by atoms with E-state index in [-0.39, 0.29) is 18.5 Å². The standard InChI is InChI=1S/C14H23N3O2/c1-10(2)17(7-4-8-18)13-9-11(3)5-6-12(13)14(15)16-19/h5-6,9-10,18-19H,4,7-8H2,1-3H3,(H2,15,16). The SMILES string of the molecule is Cc1ccc(C(N)=NO)c(N(CCCO)C(C)C)c1. The average Bonchev–Trinajstić information content (AvgIpc) is 2.38. The quantitative estimate of drug-likeness (QED) is 0.316. The zero-order valence-electron chi connectivity index (χ0n) is 11.8. The second-order valence-electron chi connectivity index (χ2n) is 4.87. The van der Waals surface area contributed by atoms with Gasteiger partial charge in [0.15, 0.2) is 5.84 Å². The van der Waals surface area contributed by atoms with Gasteiger partial charge in [-0.05, 0) is 44.9 Å². The lowest BCUT2D eigenvalue weighted by molar-refractivity contribution is 0.288. The summed E-state index contributed by atoms with van der Waals surface area (Å²) >= 11 is 0. The largest absolute Gasteiger partial charge is 0.409 e. The third-order valence-electron chi connectivity index (χ3n) is 3.03. The van der Waals surface area contributed by atoms with Crippen LogP contribution in [0.15, 0.2) is 23.4 Å². The molecule has 0 spiro atoms. The van der Waals surface area contributed by atoms with Crippen LogP contribution < -0.4 is 10.6 Å². The summed E-state index contributed by atoms with van der Waals surface area (Å²) in [7, 11) is 0. The molecule has 0 atom stereocenters. The molecule has 4 N–H and O–H groups in total. The van der Waals surface area contributed by atoms with Crippen molar-refractivity contribution in [2.45, 2.75) is 33.2 Å². The lowest BCUT2D eigenvalue weighted by Crippen LogP contribution is -2.34. The molecule has 0 amide bonds. The van der Waals surface area contributed by atoms with Gasteiger partial charge in [-0.25, -0.2) is 0 Å². The summed E-state index contributed by atoms with van der Waals surface area (Å²) in [6.07, 6.45) is 0.682. The van der Waals surface area contributed by atoms with Crippen molar-refractivity contribution < 1.29 is 10.3 Å². The van der Waals surface area contributed by atoms with E-state index in [2.05, 4.69) is 23.9 Å². The minimum Gasteiger partial charge on any atom is -0.409 e. The lowest BCUT2D eigenvalue weighted by atomic mass is 10.1. The molecule has 0 aliphatic heterocycles. The third kappa shape index (κ3) is 3.86. The van der Waals surface area contributed by atoms with Crippen molar-refractivity contribution in [3.8, 4) is 0 Å². The van der Waals surface area contributed by atoms with Crippen LogP contribution in [0.1, 0.15) is 31.4 Å². The van der Waals surface area contributed by atoms with Gasteiger partial charge in [0.25, 0.3) is 0 Å². The molecule has 0 radical (unpaired) electrons. The summed E-state index contributed by atoms with van der Waals surface area (Å²) in [6.45, 7) is 7.03. The van der Waals surface area contributed by atoms with Gasteiger partial charge in [0, 0.05) is 30.4 Å². The minimum absolute atomic E-state index is 0.102. The van der Waals surface area contributed by atoms with Crippen LogP contribution in [0.25, 0.3) is 0 Å². The maximum Gasteiger partial charge on any atom is 0.172 e. The molecule has 0 aliphatic rings. The van der Waals surface area contributed by atoms with Gasteiger partial charge < -0.3 is 20.9 Å². The van der Waals surface area contributed by atoms with E-state index in [1.807, 2.05) is 25.1 Å². The van der Waals surface area contributed by atoms with Crippen molar-refractivity contribution >= 4 is 11.5 Å². The number of hydrogen-bond donors (Lipinski definition) is 3. The Balaban J connectivity index is 3.23. The van der Waals surface area contributed by atoms with E-state index in [0.29, 0.717) is 12.0 Å². The number of hydrogen-bond acceptors (Lipinski definition) is 4. The van der Waals surface area contributed by atoms with Gasteiger partial charge >= 0.3 is 0 Å². The second kappa shape index (κ2) is 6.99. The molecule has 0 aromatic heterocycles. The van der Waals surface area contributed by atoms with E-state index >= 15 is 0 Å². The molecule has 0 fully saturated rings. The number of nitrogens with two attached hydrogens (primary N) is 1. The highest BCUT2D eigenvalue weighted by molar-refractivity contribution is 6.02. The van der Waals surface area contributed by atoms with E-state index in [0.717, 1.165) is 17.8 Å². The number of oxime groups is 1. The van der Waals surface area contributed by atoms with Crippen LogP contribution in [-0.2, 0) is 0 Å². The molecular weight excluding hydrogens is 242 g/mol. The second-order valence-corrected chi connectivity index (χ2v) is 4.87. The van der Waals surface area contributed by atoms with Crippen molar-refractivity contribution in [1.29, 1.82) is 0 Å². The van der Waals surface area contributed by atoms with Gasteiger partial charge in [-0.2, -0.15) is 0 Å². The first-order chi connectivity index (χ1) is 9.01. The van der Waals surface area contributed by atoms with Gasteiger partial charge in [0.05, 0.1) is 0 Å². The molecule has 0 aliphatic carbocycles. The first kappa shape index (κ1) is 15.3. The maximum absolute atomic E-state index is 9.01. The number of anilines is 1. The number of nitrogens with zero attached hydrogens (tertiary/aromatic N) is 2. The highest BCUT2D eigenvalue weighted by atomic mass is 16.4. The van der Waals surface area contributed by atoms with Crippen LogP contribution in [0.4, 0.5) is 5.69 Å². The first-order valence-electron chi connectivity index (χ1n) is 6.47. The monoisotopic (exact) mass is 265 g/mol. The Morgan fingerprint density at radius 3 is 2.63 bits per heavy atom. The molecule has 106 valence electrons.